The second-order valence-electron chi connectivity index (χ2n) is 5.24. The molecule has 4 rings (SSSR count). The summed E-state index contributed by atoms with van der Waals surface area (Å²) >= 11 is 0. The number of nitrogens with zero attached hydrogens (tertiary/aromatic N) is 3. The highest BCUT2D eigenvalue weighted by Gasteiger charge is 2.29. The zero-order valence-electron chi connectivity index (χ0n) is 11.7. The first-order valence-corrected chi connectivity index (χ1v) is 6.74. The number of amidine groups is 1. The molecular weight excluding hydrogens is 274 g/mol. The monoisotopic (exact) mass is 291 g/mol. The average molecular weight is 292 g/mol. The zero-order valence-corrected chi connectivity index (χ0v) is 12.5. The van der Waals surface area contributed by atoms with Gasteiger partial charge in [-0.3, -0.25) is 4.99 Å². The molecule has 0 saturated carbocycles. The van der Waals surface area contributed by atoms with E-state index >= 15 is 0 Å². The standard InChI is InChI=1S/C15H17N3O.ClH/c1-17-7-5-11-12-9-10(19-2)3-4-13(12)18-8-6-16-15(17)14(11)18;/h3-4,9H,5-8H2,1-2H3;1H. The van der Waals surface area contributed by atoms with Gasteiger partial charge in [-0.25, -0.2) is 0 Å². The summed E-state index contributed by atoms with van der Waals surface area (Å²) in [6, 6.07) is 6.39. The number of aromatic nitrogens is 1. The SMILES string of the molecule is COc1ccc2c(c1)c1c3n2CCN=C3N(C)CC1.Cl. The Morgan fingerprint density at radius 3 is 2.90 bits per heavy atom. The summed E-state index contributed by atoms with van der Waals surface area (Å²) in [5.74, 6) is 2.09. The van der Waals surface area contributed by atoms with Gasteiger partial charge in [-0.05, 0) is 30.2 Å². The van der Waals surface area contributed by atoms with Crippen LogP contribution >= 0.6 is 12.4 Å². The maximum atomic E-state index is 5.37. The molecule has 0 radical (unpaired) electrons. The van der Waals surface area contributed by atoms with Crippen molar-refractivity contribution in [3.8, 4) is 5.75 Å². The van der Waals surface area contributed by atoms with Crippen LogP contribution in [0.15, 0.2) is 23.2 Å². The summed E-state index contributed by atoms with van der Waals surface area (Å²) in [5.41, 5.74) is 4.07. The Hall–Kier alpha value is -1.68. The van der Waals surface area contributed by atoms with Crippen molar-refractivity contribution in [1.29, 1.82) is 0 Å². The number of rotatable bonds is 1. The lowest BCUT2D eigenvalue weighted by atomic mass is 10.0. The molecule has 2 aromatic rings. The molecule has 1 aromatic heterocycles. The quantitative estimate of drug-likeness (QED) is 0.807. The molecule has 0 spiro atoms. The van der Waals surface area contributed by atoms with Gasteiger partial charge in [0.2, 0.25) is 0 Å². The number of methoxy groups -OCH3 is 1. The Balaban J connectivity index is 0.00000121. The summed E-state index contributed by atoms with van der Waals surface area (Å²) in [7, 11) is 3.86. The van der Waals surface area contributed by atoms with Gasteiger partial charge in [0.1, 0.15) is 11.6 Å². The Morgan fingerprint density at radius 2 is 2.10 bits per heavy atom. The summed E-state index contributed by atoms with van der Waals surface area (Å²) in [6.45, 7) is 2.90. The van der Waals surface area contributed by atoms with Crippen LogP contribution in [0.5, 0.6) is 5.75 Å². The number of hydrogen-bond donors (Lipinski definition) is 0. The predicted octanol–water partition coefficient (Wildman–Crippen LogP) is 2.32. The van der Waals surface area contributed by atoms with Crippen LogP contribution in [0.2, 0.25) is 0 Å². The molecule has 4 nitrogen and oxygen atoms in total. The van der Waals surface area contributed by atoms with Crippen LogP contribution < -0.4 is 4.74 Å². The Kier molecular flexibility index (Phi) is 3.13. The van der Waals surface area contributed by atoms with E-state index in [1.807, 2.05) is 6.07 Å². The van der Waals surface area contributed by atoms with Crippen LogP contribution in [-0.4, -0.2) is 42.5 Å². The van der Waals surface area contributed by atoms with E-state index in [0.29, 0.717) is 0 Å². The minimum Gasteiger partial charge on any atom is -0.497 e. The molecule has 0 bridgehead atoms. The first-order valence-electron chi connectivity index (χ1n) is 6.74. The van der Waals surface area contributed by atoms with Crippen molar-refractivity contribution < 1.29 is 4.74 Å². The van der Waals surface area contributed by atoms with E-state index < -0.39 is 0 Å². The Labute approximate surface area is 124 Å². The molecule has 3 heterocycles. The van der Waals surface area contributed by atoms with E-state index in [9.17, 15) is 0 Å². The summed E-state index contributed by atoms with van der Waals surface area (Å²) in [5, 5.41) is 1.33. The first-order chi connectivity index (χ1) is 9.29. The van der Waals surface area contributed by atoms with Gasteiger partial charge >= 0.3 is 0 Å². The van der Waals surface area contributed by atoms with Gasteiger partial charge < -0.3 is 14.2 Å². The third kappa shape index (κ3) is 1.64. The molecule has 1 aromatic carbocycles. The number of aliphatic imine (C=N–C) groups is 1. The fourth-order valence-corrected chi connectivity index (χ4v) is 3.29. The summed E-state index contributed by atoms with van der Waals surface area (Å²) in [6.07, 6.45) is 1.08. The number of fused-ring (bicyclic) bond motifs is 3. The van der Waals surface area contributed by atoms with Gasteiger partial charge in [0.15, 0.2) is 0 Å². The van der Waals surface area contributed by atoms with E-state index in [1.165, 1.54) is 22.2 Å². The molecular formula is C15H18ClN3O. The van der Waals surface area contributed by atoms with E-state index in [2.05, 4.69) is 28.6 Å². The van der Waals surface area contributed by atoms with Gasteiger partial charge in [0, 0.05) is 31.0 Å². The second-order valence-corrected chi connectivity index (χ2v) is 5.24. The highest BCUT2D eigenvalue weighted by atomic mass is 35.5. The number of halogens is 1. The van der Waals surface area contributed by atoms with Crippen molar-refractivity contribution in [3.05, 3.63) is 29.5 Å². The number of hydrogen-bond acceptors (Lipinski definition) is 3. The van der Waals surface area contributed by atoms with Gasteiger partial charge in [0.05, 0.1) is 19.3 Å². The topological polar surface area (TPSA) is 29.8 Å². The molecule has 0 N–H and O–H groups in total. The van der Waals surface area contributed by atoms with Crippen LogP contribution in [-0.2, 0) is 13.0 Å². The smallest absolute Gasteiger partial charge is 0.148 e. The van der Waals surface area contributed by atoms with Crippen LogP contribution in [0.25, 0.3) is 10.9 Å². The van der Waals surface area contributed by atoms with E-state index in [4.69, 9.17) is 9.73 Å². The molecule has 0 fully saturated rings. The molecule has 0 aliphatic carbocycles. The lowest BCUT2D eigenvalue weighted by molar-refractivity contribution is 0.415. The summed E-state index contributed by atoms with van der Waals surface area (Å²) in [4.78, 5) is 6.98. The maximum absolute atomic E-state index is 5.37. The minimum atomic E-state index is 0. The number of likely N-dealkylation sites (N-methyl/N-ethyl adjacent to an activating group) is 1. The van der Waals surface area contributed by atoms with Crippen molar-refractivity contribution in [2.24, 2.45) is 4.99 Å². The van der Waals surface area contributed by atoms with Crippen molar-refractivity contribution in [3.63, 3.8) is 0 Å². The fourth-order valence-electron chi connectivity index (χ4n) is 3.29. The van der Waals surface area contributed by atoms with Crippen molar-refractivity contribution in [2.75, 3.05) is 27.2 Å². The lowest BCUT2D eigenvalue weighted by Crippen LogP contribution is -2.38. The highest BCUT2D eigenvalue weighted by Crippen LogP contribution is 2.34. The van der Waals surface area contributed by atoms with E-state index in [-0.39, 0.29) is 12.4 Å². The molecule has 2 aliphatic rings. The first kappa shape index (κ1) is 13.3. The van der Waals surface area contributed by atoms with Gasteiger partial charge in [-0.15, -0.1) is 12.4 Å². The van der Waals surface area contributed by atoms with Gasteiger partial charge in [-0.1, -0.05) is 0 Å². The molecule has 106 valence electrons. The third-order valence-corrected chi connectivity index (χ3v) is 4.23. The van der Waals surface area contributed by atoms with Crippen molar-refractivity contribution in [1.82, 2.24) is 9.47 Å². The van der Waals surface area contributed by atoms with Crippen LogP contribution in [0.1, 0.15) is 11.3 Å². The third-order valence-electron chi connectivity index (χ3n) is 4.23. The largest absolute Gasteiger partial charge is 0.497 e. The lowest BCUT2D eigenvalue weighted by Gasteiger charge is -2.30. The number of ether oxygens (including phenoxy) is 1. The van der Waals surface area contributed by atoms with E-state index in [1.54, 1.807) is 7.11 Å². The average Bonchev–Trinajstić information content (AvgIpc) is 2.78. The molecule has 0 unspecified atom stereocenters. The second kappa shape index (κ2) is 4.70. The van der Waals surface area contributed by atoms with Crippen LogP contribution in [0.4, 0.5) is 0 Å². The Bertz CT molecular complexity index is 705. The highest BCUT2D eigenvalue weighted by molar-refractivity contribution is 6.06. The van der Waals surface area contributed by atoms with Crippen molar-refractivity contribution in [2.45, 2.75) is 13.0 Å². The van der Waals surface area contributed by atoms with Gasteiger partial charge in [-0.2, -0.15) is 0 Å². The molecule has 2 aliphatic heterocycles. The molecule has 5 heteroatoms. The molecule has 20 heavy (non-hydrogen) atoms. The molecule has 0 saturated heterocycles. The van der Waals surface area contributed by atoms with E-state index in [0.717, 1.165) is 37.6 Å². The Morgan fingerprint density at radius 1 is 1.25 bits per heavy atom. The minimum absolute atomic E-state index is 0. The molecule has 0 atom stereocenters. The van der Waals surface area contributed by atoms with Crippen LogP contribution in [0.3, 0.4) is 0 Å². The maximum Gasteiger partial charge on any atom is 0.148 e. The number of benzene rings is 1. The fraction of sp³-hybridized carbons (Fsp3) is 0.400. The van der Waals surface area contributed by atoms with Gasteiger partial charge in [0.25, 0.3) is 0 Å². The predicted molar refractivity (Wildman–Crippen MR) is 83.5 cm³/mol. The summed E-state index contributed by atoms with van der Waals surface area (Å²) < 4.78 is 7.79. The normalized spacial score (nSPS) is 16.5. The van der Waals surface area contributed by atoms with Crippen molar-refractivity contribution >= 4 is 29.1 Å². The zero-order chi connectivity index (χ0) is 13.0. The van der Waals surface area contributed by atoms with Crippen LogP contribution in [0, 0.1) is 0 Å². The molecule has 0 amide bonds.